The summed E-state index contributed by atoms with van der Waals surface area (Å²) in [6, 6.07) is 9.76. The standard InChI is InChI=1S/C34H48N4O10S2/c1-22-19-38(23(2)21-39)34(40)30-18-27(36-49(41,42)29-14-12-28(45-7)13-15-29)11-16-31(30)47-24(3)10-8-9-17-46-32(22)20-37(6)50(43,44)33-25(4)35-48-26(33)5/h11-16,18,22-24,32,36,39H,8-10,17,19-21H2,1-7H3/t22-,23+,24-,32-/m1/s1. The highest BCUT2D eigenvalue weighted by Gasteiger charge is 2.34. The molecule has 1 aliphatic heterocycles. The fraction of sp³-hybridized carbons (Fsp3) is 0.529. The van der Waals surface area contributed by atoms with Gasteiger partial charge < -0.3 is 28.7 Å². The summed E-state index contributed by atoms with van der Waals surface area (Å²) in [5.41, 5.74) is 0.498. The van der Waals surface area contributed by atoms with E-state index in [2.05, 4.69) is 9.88 Å². The molecule has 2 heterocycles. The van der Waals surface area contributed by atoms with Gasteiger partial charge in [-0.25, -0.2) is 16.8 Å². The van der Waals surface area contributed by atoms with Crippen LogP contribution in [0.4, 0.5) is 5.69 Å². The first-order valence-electron chi connectivity index (χ1n) is 16.5. The number of rotatable bonds is 10. The molecule has 1 amide bonds. The van der Waals surface area contributed by atoms with E-state index in [0.717, 1.165) is 6.42 Å². The highest BCUT2D eigenvalue weighted by atomic mass is 32.2. The van der Waals surface area contributed by atoms with Gasteiger partial charge in [0.05, 0.1) is 42.4 Å². The van der Waals surface area contributed by atoms with E-state index in [1.54, 1.807) is 26.8 Å². The van der Waals surface area contributed by atoms with E-state index in [0.29, 0.717) is 25.2 Å². The van der Waals surface area contributed by atoms with Crippen molar-refractivity contribution in [3.05, 3.63) is 59.5 Å². The Kier molecular flexibility index (Phi) is 12.9. The summed E-state index contributed by atoms with van der Waals surface area (Å²) in [6.07, 6.45) is 1.14. The number of aliphatic hydroxyl groups excluding tert-OH is 1. The number of amides is 1. The third-order valence-corrected chi connectivity index (χ3v) is 12.2. The van der Waals surface area contributed by atoms with E-state index in [1.165, 1.54) is 59.8 Å². The van der Waals surface area contributed by atoms with Gasteiger partial charge in [-0.2, -0.15) is 4.31 Å². The summed E-state index contributed by atoms with van der Waals surface area (Å²) in [5.74, 6) is 0.0500. The SMILES string of the molecule is COc1ccc(S(=O)(=O)Nc2ccc3c(c2)C(=O)N([C@@H](C)CO)C[C@@H](C)[C@@H](CN(C)S(=O)(=O)c2c(C)noc2C)OCCCC[C@@H](C)O3)cc1. The molecule has 0 saturated heterocycles. The summed E-state index contributed by atoms with van der Waals surface area (Å²) in [7, 11) is -5.06. The Balaban J connectivity index is 1.68. The van der Waals surface area contributed by atoms with Crippen LogP contribution in [0.2, 0.25) is 0 Å². The Morgan fingerprint density at radius 3 is 2.42 bits per heavy atom. The van der Waals surface area contributed by atoms with Gasteiger partial charge >= 0.3 is 0 Å². The zero-order valence-corrected chi connectivity index (χ0v) is 31.2. The highest BCUT2D eigenvalue weighted by molar-refractivity contribution is 7.92. The summed E-state index contributed by atoms with van der Waals surface area (Å²) in [4.78, 5) is 15.9. The van der Waals surface area contributed by atoms with Crippen molar-refractivity contribution in [2.45, 2.75) is 81.9 Å². The lowest BCUT2D eigenvalue weighted by molar-refractivity contribution is -0.00835. The number of likely N-dealkylation sites (N-methyl/N-ethyl adjacent to an activating group) is 1. The lowest BCUT2D eigenvalue weighted by Gasteiger charge is -2.35. The second-order valence-corrected chi connectivity index (χ2v) is 16.4. The van der Waals surface area contributed by atoms with Gasteiger partial charge in [0.2, 0.25) is 10.0 Å². The van der Waals surface area contributed by atoms with Crippen molar-refractivity contribution in [3.63, 3.8) is 0 Å². The van der Waals surface area contributed by atoms with Crippen LogP contribution < -0.4 is 14.2 Å². The molecule has 50 heavy (non-hydrogen) atoms. The molecule has 0 radical (unpaired) electrons. The normalized spacial score (nSPS) is 20.5. The van der Waals surface area contributed by atoms with Crippen LogP contribution in [-0.4, -0.2) is 101 Å². The van der Waals surface area contributed by atoms with Gasteiger partial charge in [-0.05, 0) is 89.4 Å². The Morgan fingerprint density at radius 1 is 1.10 bits per heavy atom. The summed E-state index contributed by atoms with van der Waals surface area (Å²) in [5, 5.41) is 14.0. The predicted molar refractivity (Wildman–Crippen MR) is 186 cm³/mol. The van der Waals surface area contributed by atoms with Crippen LogP contribution >= 0.6 is 0 Å². The van der Waals surface area contributed by atoms with Crippen molar-refractivity contribution in [1.82, 2.24) is 14.4 Å². The molecule has 1 aromatic heterocycles. The summed E-state index contributed by atoms with van der Waals surface area (Å²) >= 11 is 0. The number of methoxy groups -OCH3 is 1. The first kappa shape index (κ1) is 39.1. The quantitative estimate of drug-likeness (QED) is 0.305. The second kappa shape index (κ2) is 16.5. The van der Waals surface area contributed by atoms with Crippen LogP contribution in [0.3, 0.4) is 0 Å². The molecular formula is C34H48N4O10S2. The molecule has 0 saturated carbocycles. The topological polar surface area (TPSA) is 178 Å². The lowest BCUT2D eigenvalue weighted by atomic mass is 10.0. The number of hydrogen-bond donors (Lipinski definition) is 2. The van der Waals surface area contributed by atoms with E-state index >= 15 is 0 Å². The zero-order valence-electron chi connectivity index (χ0n) is 29.6. The summed E-state index contributed by atoms with van der Waals surface area (Å²) < 4.78 is 80.2. The fourth-order valence-corrected chi connectivity index (χ4v) is 8.28. The number of nitrogens with zero attached hydrogens (tertiary/aromatic N) is 3. The Hall–Kier alpha value is -3.70. The number of hydrogen-bond acceptors (Lipinski definition) is 11. The van der Waals surface area contributed by atoms with Crippen LogP contribution in [0.1, 0.15) is 61.8 Å². The molecule has 276 valence electrons. The molecule has 4 rings (SSSR count). The number of fused-ring (bicyclic) bond motifs is 1. The monoisotopic (exact) mass is 736 g/mol. The van der Waals surface area contributed by atoms with Crippen molar-refractivity contribution >= 4 is 31.6 Å². The smallest absolute Gasteiger partial charge is 0.261 e. The van der Waals surface area contributed by atoms with Crippen molar-refractivity contribution in [2.75, 3.05) is 45.2 Å². The molecule has 14 nitrogen and oxygen atoms in total. The Labute approximate surface area is 294 Å². The third kappa shape index (κ3) is 9.15. The minimum Gasteiger partial charge on any atom is -0.497 e. The second-order valence-electron chi connectivity index (χ2n) is 12.7. The van der Waals surface area contributed by atoms with E-state index in [4.69, 9.17) is 18.7 Å². The van der Waals surface area contributed by atoms with Crippen molar-refractivity contribution in [1.29, 1.82) is 0 Å². The maximum atomic E-state index is 14.4. The average Bonchev–Trinajstić information content (AvgIpc) is 3.43. The van der Waals surface area contributed by atoms with Crippen LogP contribution in [0.25, 0.3) is 0 Å². The van der Waals surface area contributed by atoms with Crippen LogP contribution in [-0.2, 0) is 24.8 Å². The minimum atomic E-state index is -4.03. The molecule has 16 heteroatoms. The molecule has 0 bridgehead atoms. The summed E-state index contributed by atoms with van der Waals surface area (Å²) in [6.45, 7) is 8.61. The zero-order chi connectivity index (χ0) is 36.8. The molecular weight excluding hydrogens is 689 g/mol. The number of benzene rings is 2. The van der Waals surface area contributed by atoms with Crippen LogP contribution in [0, 0.1) is 19.8 Å². The lowest BCUT2D eigenvalue weighted by Crippen LogP contribution is -2.48. The molecule has 0 unspecified atom stereocenters. The number of anilines is 1. The van der Waals surface area contributed by atoms with E-state index in [1.807, 2.05) is 13.8 Å². The number of aliphatic hydroxyl groups is 1. The van der Waals surface area contributed by atoms with Crippen LogP contribution in [0.15, 0.2) is 56.8 Å². The fourth-order valence-electron chi connectivity index (χ4n) is 5.77. The van der Waals surface area contributed by atoms with Gasteiger partial charge in [-0.15, -0.1) is 0 Å². The number of carbonyl (C=O) groups is 1. The van der Waals surface area contributed by atoms with Crippen molar-refractivity contribution < 1.29 is 45.5 Å². The predicted octanol–water partition coefficient (Wildman–Crippen LogP) is 4.22. The molecule has 0 aliphatic carbocycles. The Morgan fingerprint density at radius 2 is 1.80 bits per heavy atom. The maximum Gasteiger partial charge on any atom is 0.261 e. The van der Waals surface area contributed by atoms with Gasteiger partial charge in [0.25, 0.3) is 15.9 Å². The number of aryl methyl sites for hydroxylation is 2. The maximum absolute atomic E-state index is 14.4. The third-order valence-electron chi connectivity index (χ3n) is 8.75. The number of aromatic nitrogens is 1. The van der Waals surface area contributed by atoms with Gasteiger partial charge in [-0.3, -0.25) is 9.52 Å². The largest absolute Gasteiger partial charge is 0.497 e. The van der Waals surface area contributed by atoms with Crippen molar-refractivity contribution in [2.24, 2.45) is 5.92 Å². The van der Waals surface area contributed by atoms with E-state index in [-0.39, 0.29) is 64.0 Å². The van der Waals surface area contributed by atoms with Gasteiger partial charge in [0.15, 0.2) is 5.76 Å². The highest BCUT2D eigenvalue weighted by Crippen LogP contribution is 2.30. The van der Waals surface area contributed by atoms with Gasteiger partial charge in [-0.1, -0.05) is 12.1 Å². The molecule has 2 N–H and O–H groups in total. The molecule has 0 spiro atoms. The van der Waals surface area contributed by atoms with Gasteiger partial charge in [0.1, 0.15) is 22.1 Å². The average molecular weight is 737 g/mol. The minimum absolute atomic E-state index is 0.00302. The molecule has 1 aliphatic rings. The molecule has 3 aromatic rings. The first-order valence-corrected chi connectivity index (χ1v) is 19.4. The Bertz CT molecular complexity index is 1810. The number of sulfonamides is 2. The van der Waals surface area contributed by atoms with E-state index in [9.17, 15) is 26.7 Å². The van der Waals surface area contributed by atoms with Gasteiger partial charge in [0, 0.05) is 38.3 Å². The van der Waals surface area contributed by atoms with Crippen molar-refractivity contribution in [3.8, 4) is 11.5 Å². The molecule has 0 fully saturated rings. The van der Waals surface area contributed by atoms with Crippen LogP contribution in [0.5, 0.6) is 11.5 Å². The molecule has 4 atom stereocenters. The van der Waals surface area contributed by atoms with E-state index < -0.39 is 44.0 Å². The molecule has 2 aromatic carbocycles. The first-order chi connectivity index (χ1) is 23.6. The number of nitrogens with one attached hydrogen (secondary N) is 1. The number of ether oxygens (including phenoxy) is 3. The number of carbonyl (C=O) groups excluding carboxylic acids is 1.